The predicted molar refractivity (Wildman–Crippen MR) is 87.0 cm³/mol. The Kier molecular flexibility index (Phi) is 3.33. The van der Waals surface area contributed by atoms with Gasteiger partial charge in [0, 0.05) is 25.2 Å². The van der Waals surface area contributed by atoms with E-state index in [-0.39, 0.29) is 5.91 Å². The van der Waals surface area contributed by atoms with Crippen LogP contribution in [-0.4, -0.2) is 33.4 Å². The van der Waals surface area contributed by atoms with E-state index >= 15 is 0 Å². The first kappa shape index (κ1) is 14.8. The zero-order valence-corrected chi connectivity index (χ0v) is 13.8. The number of hydrogen-bond acceptors (Lipinski definition) is 5. The van der Waals surface area contributed by atoms with E-state index in [9.17, 15) is 13.2 Å². The molecule has 22 heavy (non-hydrogen) atoms. The van der Waals surface area contributed by atoms with Gasteiger partial charge in [-0.25, -0.2) is 4.98 Å². The number of aromatic nitrogens is 1. The normalized spacial score (nSPS) is 15.8. The molecule has 9 heteroatoms. The molecule has 3 rings (SSSR count). The fraction of sp³-hybridized carbons (Fsp3) is 0.231. The molecule has 1 amide bonds. The van der Waals surface area contributed by atoms with Crippen molar-refractivity contribution >= 4 is 44.5 Å². The summed E-state index contributed by atoms with van der Waals surface area (Å²) in [5.41, 5.74) is 1.97. The summed E-state index contributed by atoms with van der Waals surface area (Å²) in [6.07, 6.45) is 0. The van der Waals surface area contributed by atoms with E-state index in [1.807, 2.05) is 6.92 Å². The number of aryl methyl sites for hydroxylation is 1. The maximum Gasteiger partial charge on any atom is 0.326 e. The van der Waals surface area contributed by atoms with E-state index in [0.29, 0.717) is 22.8 Å². The first-order valence-electron chi connectivity index (χ1n) is 6.41. The second-order valence-corrected chi connectivity index (χ2v) is 7.91. The number of hydrogen-bond donors (Lipinski definition) is 1. The van der Waals surface area contributed by atoms with E-state index in [1.165, 1.54) is 34.0 Å². The predicted octanol–water partition coefficient (Wildman–Crippen LogP) is 1.83. The molecule has 1 aliphatic heterocycles. The van der Waals surface area contributed by atoms with E-state index in [1.54, 1.807) is 23.6 Å². The van der Waals surface area contributed by atoms with Gasteiger partial charge in [-0.05, 0) is 25.1 Å². The van der Waals surface area contributed by atoms with Crippen molar-refractivity contribution in [1.82, 2.24) is 4.98 Å². The van der Waals surface area contributed by atoms with E-state index in [0.717, 1.165) is 5.01 Å². The molecular formula is C13H14N4O3S2. The minimum atomic E-state index is -3.51. The molecule has 0 aliphatic carbocycles. The minimum absolute atomic E-state index is 0.318. The topological polar surface area (TPSA) is 82.6 Å². The zero-order valence-electron chi connectivity index (χ0n) is 12.2. The summed E-state index contributed by atoms with van der Waals surface area (Å²) in [7, 11) is -0.540. The average Bonchev–Trinajstić information content (AvgIpc) is 2.97. The third kappa shape index (κ3) is 2.22. The lowest BCUT2D eigenvalue weighted by Crippen LogP contribution is -2.32. The summed E-state index contributed by atoms with van der Waals surface area (Å²) in [6, 6.07) is 4.97. The smallest absolute Gasteiger partial charge is 0.321 e. The third-order valence-electron chi connectivity index (χ3n) is 3.46. The van der Waals surface area contributed by atoms with Crippen molar-refractivity contribution in [2.24, 2.45) is 0 Å². The van der Waals surface area contributed by atoms with Crippen LogP contribution >= 0.6 is 11.3 Å². The molecule has 0 unspecified atom stereocenters. The maximum absolute atomic E-state index is 12.1. The SMILES string of the molecule is Cc1nc(C(=O)Nc2ccc3c(c2)N(C)S(=O)(=O)N3C)cs1. The number of nitrogens with one attached hydrogen (secondary N) is 1. The largest absolute Gasteiger partial charge is 0.326 e. The fourth-order valence-corrected chi connectivity index (χ4v) is 3.97. The first-order valence-corrected chi connectivity index (χ1v) is 8.68. The van der Waals surface area contributed by atoms with E-state index in [4.69, 9.17) is 0 Å². The van der Waals surface area contributed by atoms with Gasteiger partial charge in [0.05, 0.1) is 16.4 Å². The monoisotopic (exact) mass is 338 g/mol. The number of nitrogens with zero attached hydrogens (tertiary/aromatic N) is 3. The standard InChI is InChI=1S/C13H14N4O3S2/c1-8-14-10(7-21-8)13(18)15-9-4-5-11-12(6-9)17(3)22(19,20)16(11)2/h4-7H,1-3H3,(H,15,18). The summed E-state index contributed by atoms with van der Waals surface area (Å²) < 4.78 is 26.5. The Morgan fingerprint density at radius 3 is 2.55 bits per heavy atom. The third-order valence-corrected chi connectivity index (χ3v) is 6.01. The highest BCUT2D eigenvalue weighted by molar-refractivity contribution is 7.94. The van der Waals surface area contributed by atoms with Gasteiger partial charge in [-0.1, -0.05) is 0 Å². The van der Waals surface area contributed by atoms with Gasteiger partial charge in [0.25, 0.3) is 5.91 Å². The summed E-state index contributed by atoms with van der Waals surface area (Å²) in [5, 5.41) is 5.22. The summed E-state index contributed by atoms with van der Waals surface area (Å²) in [5.74, 6) is -0.318. The highest BCUT2D eigenvalue weighted by atomic mass is 32.2. The Morgan fingerprint density at radius 2 is 1.91 bits per heavy atom. The Hall–Kier alpha value is -2.13. The summed E-state index contributed by atoms with van der Waals surface area (Å²) in [4.78, 5) is 16.2. The molecule has 0 bridgehead atoms. The van der Waals surface area contributed by atoms with E-state index < -0.39 is 10.2 Å². The number of rotatable bonds is 2. The van der Waals surface area contributed by atoms with Crippen molar-refractivity contribution in [3.63, 3.8) is 0 Å². The van der Waals surface area contributed by atoms with Crippen LogP contribution < -0.4 is 13.9 Å². The molecule has 0 atom stereocenters. The number of benzene rings is 1. The number of anilines is 3. The summed E-state index contributed by atoms with van der Waals surface area (Å²) >= 11 is 1.40. The highest BCUT2D eigenvalue weighted by Gasteiger charge is 2.35. The van der Waals surface area contributed by atoms with Crippen LogP contribution in [0.25, 0.3) is 0 Å². The lowest BCUT2D eigenvalue weighted by molar-refractivity contribution is 0.102. The van der Waals surface area contributed by atoms with Crippen molar-refractivity contribution in [3.8, 4) is 0 Å². The van der Waals surface area contributed by atoms with Gasteiger partial charge in [-0.2, -0.15) is 8.42 Å². The number of fused-ring (bicyclic) bond motifs is 1. The molecule has 0 spiro atoms. The van der Waals surface area contributed by atoms with Gasteiger partial charge in [-0.3, -0.25) is 13.4 Å². The second-order valence-electron chi connectivity index (χ2n) is 4.85. The van der Waals surface area contributed by atoms with Crippen LogP contribution in [0.15, 0.2) is 23.6 Å². The molecule has 7 nitrogen and oxygen atoms in total. The number of amides is 1. The molecule has 1 aliphatic rings. The van der Waals surface area contributed by atoms with Crippen molar-refractivity contribution in [3.05, 3.63) is 34.3 Å². The average molecular weight is 338 g/mol. The molecule has 2 heterocycles. The fourth-order valence-electron chi connectivity index (χ4n) is 2.21. The summed E-state index contributed by atoms with van der Waals surface area (Å²) in [6.45, 7) is 1.83. The van der Waals surface area contributed by atoms with Crippen LogP contribution in [-0.2, 0) is 10.2 Å². The highest BCUT2D eigenvalue weighted by Crippen LogP contribution is 2.40. The Bertz CT molecular complexity index is 860. The molecule has 1 aromatic carbocycles. The van der Waals surface area contributed by atoms with Gasteiger partial charge in [0.2, 0.25) is 0 Å². The number of carbonyl (C=O) groups is 1. The number of carbonyl (C=O) groups excluding carboxylic acids is 1. The number of thiazole rings is 1. The Morgan fingerprint density at radius 1 is 1.23 bits per heavy atom. The molecule has 1 aromatic heterocycles. The molecular weight excluding hydrogens is 324 g/mol. The Labute approximate surface area is 132 Å². The van der Waals surface area contributed by atoms with Crippen molar-refractivity contribution < 1.29 is 13.2 Å². The molecule has 1 N–H and O–H groups in total. The van der Waals surface area contributed by atoms with Gasteiger partial charge < -0.3 is 5.32 Å². The molecule has 116 valence electrons. The van der Waals surface area contributed by atoms with Gasteiger partial charge in [0.15, 0.2) is 0 Å². The molecule has 2 aromatic rings. The lowest BCUT2D eigenvalue weighted by Gasteiger charge is -2.13. The van der Waals surface area contributed by atoms with Crippen LogP contribution in [0.4, 0.5) is 17.1 Å². The van der Waals surface area contributed by atoms with Crippen molar-refractivity contribution in [2.75, 3.05) is 28.0 Å². The van der Waals surface area contributed by atoms with Gasteiger partial charge in [0.1, 0.15) is 5.69 Å². The van der Waals surface area contributed by atoms with E-state index in [2.05, 4.69) is 10.3 Å². The second kappa shape index (κ2) is 4.96. The zero-order chi connectivity index (χ0) is 16.1. The first-order chi connectivity index (χ1) is 10.3. The quantitative estimate of drug-likeness (QED) is 0.906. The van der Waals surface area contributed by atoms with Crippen molar-refractivity contribution in [1.29, 1.82) is 0 Å². The van der Waals surface area contributed by atoms with Crippen LogP contribution in [0.1, 0.15) is 15.5 Å². The maximum atomic E-state index is 12.1. The molecule has 0 radical (unpaired) electrons. The minimum Gasteiger partial charge on any atom is -0.321 e. The van der Waals surface area contributed by atoms with Crippen LogP contribution in [0.3, 0.4) is 0 Å². The van der Waals surface area contributed by atoms with Crippen LogP contribution in [0, 0.1) is 6.92 Å². The molecule has 0 saturated heterocycles. The van der Waals surface area contributed by atoms with Crippen LogP contribution in [0.5, 0.6) is 0 Å². The molecule has 0 saturated carbocycles. The Balaban J connectivity index is 1.90. The van der Waals surface area contributed by atoms with Crippen LogP contribution in [0.2, 0.25) is 0 Å². The van der Waals surface area contributed by atoms with Gasteiger partial charge in [-0.15, -0.1) is 11.3 Å². The van der Waals surface area contributed by atoms with Crippen molar-refractivity contribution in [2.45, 2.75) is 6.92 Å². The molecule has 0 fully saturated rings. The lowest BCUT2D eigenvalue weighted by atomic mass is 10.2. The van der Waals surface area contributed by atoms with Gasteiger partial charge >= 0.3 is 10.2 Å².